The highest BCUT2D eigenvalue weighted by molar-refractivity contribution is 7.15. The Bertz CT molecular complexity index is 1420. The van der Waals surface area contributed by atoms with Crippen LogP contribution in [-0.4, -0.2) is 33.0 Å². The third kappa shape index (κ3) is 4.36. The number of amides is 1. The van der Waals surface area contributed by atoms with Gasteiger partial charge in [-0.1, -0.05) is 0 Å². The predicted octanol–water partition coefficient (Wildman–Crippen LogP) is 3.44. The monoisotopic (exact) mass is 468 g/mol. The second-order valence-corrected chi connectivity index (χ2v) is 7.62. The SMILES string of the molecule is CCOC(=O)c1c(-c2ccco2)csc1NC(=O)Cn1cnc2cc([N+](=O)[O-])ccc2c1=O. The number of ether oxygens (including phenoxy) is 1. The molecule has 0 atom stereocenters. The van der Waals surface area contributed by atoms with Crippen LogP contribution in [0.5, 0.6) is 0 Å². The molecule has 0 unspecified atom stereocenters. The molecule has 0 aliphatic heterocycles. The molecule has 0 saturated heterocycles. The molecule has 33 heavy (non-hydrogen) atoms. The fraction of sp³-hybridized carbons (Fsp3) is 0.143. The highest BCUT2D eigenvalue weighted by Gasteiger charge is 2.24. The predicted molar refractivity (Wildman–Crippen MR) is 119 cm³/mol. The zero-order valence-corrected chi connectivity index (χ0v) is 18.0. The molecule has 4 aromatic rings. The third-order valence-corrected chi connectivity index (χ3v) is 5.54. The molecule has 0 saturated carbocycles. The highest BCUT2D eigenvalue weighted by Crippen LogP contribution is 2.36. The molecule has 0 spiro atoms. The van der Waals surface area contributed by atoms with Crippen molar-refractivity contribution in [3.8, 4) is 11.3 Å². The average Bonchev–Trinajstić information content (AvgIpc) is 3.45. The van der Waals surface area contributed by atoms with Gasteiger partial charge in [-0.2, -0.15) is 0 Å². The van der Waals surface area contributed by atoms with Crippen LogP contribution in [0.3, 0.4) is 0 Å². The second kappa shape index (κ2) is 9.04. The molecule has 4 rings (SSSR count). The molecule has 11 nitrogen and oxygen atoms in total. The van der Waals surface area contributed by atoms with Crippen molar-refractivity contribution in [1.82, 2.24) is 9.55 Å². The van der Waals surface area contributed by atoms with Crippen LogP contribution in [0.25, 0.3) is 22.2 Å². The first-order valence-corrected chi connectivity index (χ1v) is 10.5. The number of hydrogen-bond donors (Lipinski definition) is 1. The van der Waals surface area contributed by atoms with Gasteiger partial charge in [-0.05, 0) is 25.1 Å². The lowest BCUT2D eigenvalue weighted by molar-refractivity contribution is -0.384. The molecular weight excluding hydrogens is 452 g/mol. The van der Waals surface area contributed by atoms with Crippen LogP contribution in [0.4, 0.5) is 10.7 Å². The summed E-state index contributed by atoms with van der Waals surface area (Å²) in [5, 5.41) is 15.6. The van der Waals surface area contributed by atoms with E-state index < -0.39 is 22.4 Å². The van der Waals surface area contributed by atoms with Gasteiger partial charge in [0.25, 0.3) is 11.2 Å². The number of nitro benzene ring substituents is 1. The standard InChI is InChI=1S/C21H16N4O7S/c1-2-31-21(28)18-14(16-4-3-7-32-16)10-33-19(18)23-17(26)9-24-11-22-15-8-12(25(29)30)5-6-13(15)20(24)27/h3-8,10-11H,2,9H2,1H3,(H,23,26). The summed E-state index contributed by atoms with van der Waals surface area (Å²) in [6, 6.07) is 7.04. The topological polar surface area (TPSA) is 147 Å². The number of benzene rings is 1. The van der Waals surface area contributed by atoms with Gasteiger partial charge in [0.05, 0.1) is 35.0 Å². The van der Waals surface area contributed by atoms with E-state index in [0.717, 1.165) is 22.2 Å². The van der Waals surface area contributed by atoms with E-state index in [1.54, 1.807) is 24.4 Å². The van der Waals surface area contributed by atoms with Gasteiger partial charge in [0.1, 0.15) is 22.9 Å². The second-order valence-electron chi connectivity index (χ2n) is 6.74. The van der Waals surface area contributed by atoms with Gasteiger partial charge in [-0.3, -0.25) is 24.3 Å². The van der Waals surface area contributed by atoms with E-state index in [9.17, 15) is 24.5 Å². The Morgan fingerprint density at radius 1 is 1.33 bits per heavy atom. The molecule has 0 fully saturated rings. The summed E-state index contributed by atoms with van der Waals surface area (Å²) in [6.45, 7) is 1.44. The van der Waals surface area contributed by atoms with Crippen LogP contribution < -0.4 is 10.9 Å². The first kappa shape index (κ1) is 21.9. The van der Waals surface area contributed by atoms with Crippen LogP contribution >= 0.6 is 11.3 Å². The Kier molecular flexibility index (Phi) is 6.00. The Hall–Kier alpha value is -4.32. The molecule has 3 heterocycles. The largest absolute Gasteiger partial charge is 0.464 e. The van der Waals surface area contributed by atoms with Gasteiger partial charge < -0.3 is 14.5 Å². The van der Waals surface area contributed by atoms with Crippen molar-refractivity contribution in [3.63, 3.8) is 0 Å². The minimum Gasteiger partial charge on any atom is -0.464 e. The van der Waals surface area contributed by atoms with Crippen LogP contribution in [0.1, 0.15) is 17.3 Å². The summed E-state index contributed by atoms with van der Waals surface area (Å²) < 4.78 is 11.6. The van der Waals surface area contributed by atoms with E-state index in [4.69, 9.17) is 9.15 Å². The molecule has 1 aromatic carbocycles. The number of non-ortho nitro benzene ring substituents is 1. The van der Waals surface area contributed by atoms with Crippen LogP contribution in [0, 0.1) is 10.1 Å². The number of fused-ring (bicyclic) bond motifs is 1. The van der Waals surface area contributed by atoms with Crippen LogP contribution in [-0.2, 0) is 16.1 Å². The summed E-state index contributed by atoms with van der Waals surface area (Å²) >= 11 is 1.12. The molecule has 0 aliphatic carbocycles. The lowest BCUT2D eigenvalue weighted by atomic mass is 10.1. The fourth-order valence-corrected chi connectivity index (χ4v) is 4.12. The summed E-state index contributed by atoms with van der Waals surface area (Å²) in [6.07, 6.45) is 2.61. The average molecular weight is 468 g/mol. The number of nitrogens with one attached hydrogen (secondary N) is 1. The lowest BCUT2D eigenvalue weighted by Crippen LogP contribution is -2.28. The van der Waals surface area contributed by atoms with Crippen molar-refractivity contribution in [2.24, 2.45) is 0 Å². The van der Waals surface area contributed by atoms with Crippen molar-refractivity contribution < 1.29 is 23.7 Å². The van der Waals surface area contributed by atoms with Crippen LogP contribution in [0.2, 0.25) is 0 Å². The Morgan fingerprint density at radius 2 is 2.15 bits per heavy atom. The first-order valence-electron chi connectivity index (χ1n) is 9.65. The number of thiophene rings is 1. The van der Waals surface area contributed by atoms with Crippen molar-refractivity contribution in [2.45, 2.75) is 13.5 Å². The lowest BCUT2D eigenvalue weighted by Gasteiger charge is -2.09. The number of rotatable bonds is 7. The number of nitrogens with zero attached hydrogens (tertiary/aromatic N) is 3. The maximum absolute atomic E-state index is 12.7. The quantitative estimate of drug-likeness (QED) is 0.246. The van der Waals surface area contributed by atoms with Crippen LogP contribution in [0.15, 0.2) is 57.5 Å². The Morgan fingerprint density at radius 3 is 2.85 bits per heavy atom. The van der Waals surface area contributed by atoms with E-state index in [1.165, 1.54) is 24.5 Å². The molecule has 1 N–H and O–H groups in total. The van der Waals surface area contributed by atoms with Gasteiger partial charge in [-0.25, -0.2) is 9.78 Å². The number of anilines is 1. The molecule has 168 valence electrons. The number of carbonyl (C=O) groups excluding carboxylic acids is 2. The third-order valence-electron chi connectivity index (χ3n) is 4.64. The summed E-state index contributed by atoms with van der Waals surface area (Å²) in [4.78, 5) is 52.3. The van der Waals surface area contributed by atoms with Crippen molar-refractivity contribution in [1.29, 1.82) is 0 Å². The molecule has 3 aromatic heterocycles. The van der Waals surface area contributed by atoms with Gasteiger partial charge >= 0.3 is 5.97 Å². The Labute approximate surface area is 189 Å². The van der Waals surface area contributed by atoms with E-state index in [1.807, 2.05) is 0 Å². The number of furan rings is 1. The molecule has 0 bridgehead atoms. The molecule has 12 heteroatoms. The summed E-state index contributed by atoms with van der Waals surface area (Å²) in [5.41, 5.74) is 0.0580. The number of esters is 1. The van der Waals surface area contributed by atoms with Gasteiger partial charge in [0.15, 0.2) is 0 Å². The minimum atomic E-state index is -0.619. The molecule has 1 amide bonds. The normalized spacial score (nSPS) is 10.8. The minimum absolute atomic E-state index is 0.138. The highest BCUT2D eigenvalue weighted by atomic mass is 32.1. The maximum Gasteiger partial charge on any atom is 0.341 e. The van der Waals surface area contributed by atoms with E-state index in [2.05, 4.69) is 10.3 Å². The maximum atomic E-state index is 12.7. The number of aromatic nitrogens is 2. The zero-order chi connectivity index (χ0) is 23.5. The van der Waals surface area contributed by atoms with E-state index in [0.29, 0.717) is 11.3 Å². The van der Waals surface area contributed by atoms with Crippen molar-refractivity contribution >= 4 is 44.8 Å². The molecule has 0 aliphatic rings. The first-order chi connectivity index (χ1) is 15.9. The molecule has 0 radical (unpaired) electrons. The Balaban J connectivity index is 1.60. The van der Waals surface area contributed by atoms with Gasteiger partial charge in [0, 0.05) is 23.1 Å². The number of hydrogen-bond acceptors (Lipinski definition) is 9. The van der Waals surface area contributed by atoms with Gasteiger partial charge in [0.2, 0.25) is 5.91 Å². The molecular formula is C21H16N4O7S. The number of nitro groups is 1. The summed E-state index contributed by atoms with van der Waals surface area (Å²) in [7, 11) is 0. The zero-order valence-electron chi connectivity index (χ0n) is 17.1. The summed E-state index contributed by atoms with van der Waals surface area (Å²) in [5.74, 6) is -0.746. The number of carbonyl (C=O) groups is 2. The fourth-order valence-electron chi connectivity index (χ4n) is 3.16. The van der Waals surface area contributed by atoms with Crippen molar-refractivity contribution in [2.75, 3.05) is 11.9 Å². The van der Waals surface area contributed by atoms with E-state index >= 15 is 0 Å². The van der Waals surface area contributed by atoms with Gasteiger partial charge in [-0.15, -0.1) is 11.3 Å². The smallest absolute Gasteiger partial charge is 0.341 e. The van der Waals surface area contributed by atoms with Crippen molar-refractivity contribution in [3.05, 3.63) is 74.3 Å². The van der Waals surface area contributed by atoms with E-state index in [-0.39, 0.29) is 40.3 Å².